The van der Waals surface area contributed by atoms with Crippen molar-refractivity contribution in [1.29, 1.82) is 0 Å². The molecule has 0 saturated carbocycles. The van der Waals surface area contributed by atoms with Crippen LogP contribution in [-0.4, -0.2) is 10.2 Å². The Morgan fingerprint density at radius 1 is 0.850 bits per heavy atom. The van der Waals surface area contributed by atoms with E-state index in [1.54, 1.807) is 30.4 Å². The number of phenolic OH excluding ortho intramolecular Hbond substituents is 2. The van der Waals surface area contributed by atoms with Crippen LogP contribution in [0.15, 0.2) is 61.7 Å². The first-order valence-corrected chi connectivity index (χ1v) is 6.51. The fraction of sp³-hybridized carbons (Fsp3) is 0.111. The summed E-state index contributed by atoms with van der Waals surface area (Å²) in [5.74, 6) is 0.498. The summed E-state index contributed by atoms with van der Waals surface area (Å²) in [4.78, 5) is 0. The Hall–Kier alpha value is -2.48. The van der Waals surface area contributed by atoms with E-state index < -0.39 is 0 Å². The number of hydrogen-bond acceptors (Lipinski definition) is 2. The van der Waals surface area contributed by atoms with Crippen LogP contribution in [0.4, 0.5) is 0 Å². The number of hydrogen-bond donors (Lipinski definition) is 2. The van der Waals surface area contributed by atoms with E-state index in [2.05, 4.69) is 13.2 Å². The van der Waals surface area contributed by atoms with Crippen LogP contribution in [0.25, 0.3) is 11.1 Å². The smallest absolute Gasteiger partial charge is 0.119 e. The molecule has 2 aromatic carbocycles. The molecule has 2 N–H and O–H groups in total. The Morgan fingerprint density at radius 3 is 2.30 bits per heavy atom. The van der Waals surface area contributed by atoms with Crippen LogP contribution < -0.4 is 0 Å². The number of rotatable bonds is 5. The van der Waals surface area contributed by atoms with E-state index in [0.29, 0.717) is 12.8 Å². The third-order valence-electron chi connectivity index (χ3n) is 3.13. The van der Waals surface area contributed by atoms with Gasteiger partial charge in [-0.2, -0.15) is 0 Å². The van der Waals surface area contributed by atoms with Crippen molar-refractivity contribution < 1.29 is 10.2 Å². The van der Waals surface area contributed by atoms with Crippen LogP contribution in [0.1, 0.15) is 11.1 Å². The van der Waals surface area contributed by atoms with Gasteiger partial charge in [-0.1, -0.05) is 24.3 Å². The molecule has 2 rings (SSSR count). The van der Waals surface area contributed by atoms with Crippen molar-refractivity contribution in [2.45, 2.75) is 12.8 Å². The normalized spacial score (nSPS) is 10.2. The van der Waals surface area contributed by atoms with Crippen LogP contribution in [0, 0.1) is 0 Å². The number of aromatic hydroxyl groups is 2. The molecular weight excluding hydrogens is 248 g/mol. The minimum absolute atomic E-state index is 0.234. The van der Waals surface area contributed by atoms with Gasteiger partial charge in [0.15, 0.2) is 0 Å². The van der Waals surface area contributed by atoms with Crippen molar-refractivity contribution in [3.8, 4) is 22.6 Å². The molecule has 0 aromatic heterocycles. The molecule has 0 unspecified atom stereocenters. The lowest BCUT2D eigenvalue weighted by molar-refractivity contribution is 0.470. The summed E-state index contributed by atoms with van der Waals surface area (Å²) in [5.41, 5.74) is 3.72. The van der Waals surface area contributed by atoms with Gasteiger partial charge >= 0.3 is 0 Å². The van der Waals surface area contributed by atoms with Crippen LogP contribution in [-0.2, 0) is 12.8 Å². The summed E-state index contributed by atoms with van der Waals surface area (Å²) >= 11 is 0. The molecule has 0 heterocycles. The average Bonchev–Trinajstić information content (AvgIpc) is 2.41. The largest absolute Gasteiger partial charge is 0.508 e. The molecule has 2 aromatic rings. The van der Waals surface area contributed by atoms with E-state index in [1.165, 1.54) is 0 Å². The van der Waals surface area contributed by atoms with Gasteiger partial charge in [-0.25, -0.2) is 0 Å². The van der Waals surface area contributed by atoms with E-state index in [0.717, 1.165) is 22.3 Å². The first-order valence-electron chi connectivity index (χ1n) is 6.51. The maximum absolute atomic E-state index is 9.81. The van der Waals surface area contributed by atoms with Gasteiger partial charge in [0.05, 0.1) is 0 Å². The second kappa shape index (κ2) is 6.11. The molecule has 0 aliphatic carbocycles. The Kier molecular flexibility index (Phi) is 4.26. The SMILES string of the molecule is C=CCc1cc(O)cc(-c2ccc(O)c(CC=C)c2)c1. The monoisotopic (exact) mass is 266 g/mol. The van der Waals surface area contributed by atoms with E-state index >= 15 is 0 Å². The van der Waals surface area contributed by atoms with E-state index in [1.807, 2.05) is 18.2 Å². The van der Waals surface area contributed by atoms with E-state index in [4.69, 9.17) is 0 Å². The van der Waals surface area contributed by atoms with Crippen molar-refractivity contribution in [2.24, 2.45) is 0 Å². The molecule has 0 fully saturated rings. The Morgan fingerprint density at radius 2 is 1.60 bits per heavy atom. The standard InChI is InChI=1S/C18H18O2/c1-3-5-13-9-16(12-17(19)10-13)14-7-8-18(20)15(11-14)6-4-2/h3-4,7-12,19-20H,1-2,5-6H2. The third-order valence-corrected chi connectivity index (χ3v) is 3.13. The van der Waals surface area contributed by atoms with Gasteiger partial charge < -0.3 is 10.2 Å². The minimum Gasteiger partial charge on any atom is -0.508 e. The number of phenols is 2. The van der Waals surface area contributed by atoms with Gasteiger partial charge in [-0.3, -0.25) is 0 Å². The summed E-state index contributed by atoms with van der Waals surface area (Å²) < 4.78 is 0. The lowest BCUT2D eigenvalue weighted by Gasteiger charge is -2.09. The second-order valence-corrected chi connectivity index (χ2v) is 4.72. The zero-order valence-electron chi connectivity index (χ0n) is 11.3. The summed E-state index contributed by atoms with van der Waals surface area (Å²) in [6.07, 6.45) is 4.87. The molecule has 2 nitrogen and oxygen atoms in total. The minimum atomic E-state index is 0.234. The molecule has 2 heteroatoms. The molecule has 0 amide bonds. The van der Waals surface area contributed by atoms with Gasteiger partial charge in [0.25, 0.3) is 0 Å². The van der Waals surface area contributed by atoms with Crippen molar-refractivity contribution in [1.82, 2.24) is 0 Å². The molecule has 102 valence electrons. The zero-order chi connectivity index (χ0) is 14.5. The Balaban J connectivity index is 2.47. The van der Waals surface area contributed by atoms with Crippen LogP contribution >= 0.6 is 0 Å². The van der Waals surface area contributed by atoms with Crippen molar-refractivity contribution in [3.05, 3.63) is 72.8 Å². The first kappa shape index (κ1) is 13.9. The zero-order valence-corrected chi connectivity index (χ0v) is 11.3. The quantitative estimate of drug-likeness (QED) is 0.795. The highest BCUT2D eigenvalue weighted by atomic mass is 16.3. The molecule has 20 heavy (non-hydrogen) atoms. The molecule has 0 atom stereocenters. The highest BCUT2D eigenvalue weighted by Crippen LogP contribution is 2.29. The maximum atomic E-state index is 9.81. The molecule has 0 radical (unpaired) electrons. The van der Waals surface area contributed by atoms with E-state index in [-0.39, 0.29) is 11.5 Å². The summed E-state index contributed by atoms with van der Waals surface area (Å²) in [5, 5.41) is 19.6. The Bertz CT molecular complexity index is 642. The van der Waals surface area contributed by atoms with Gasteiger partial charge in [0.1, 0.15) is 11.5 Å². The van der Waals surface area contributed by atoms with Gasteiger partial charge in [0.2, 0.25) is 0 Å². The molecule has 0 saturated heterocycles. The average molecular weight is 266 g/mol. The highest BCUT2D eigenvalue weighted by Gasteiger charge is 2.06. The highest BCUT2D eigenvalue weighted by molar-refractivity contribution is 5.68. The predicted molar refractivity (Wildman–Crippen MR) is 83.0 cm³/mol. The summed E-state index contributed by atoms with van der Waals surface area (Å²) in [6.45, 7) is 7.40. The van der Waals surface area contributed by atoms with Crippen LogP contribution in [0.5, 0.6) is 11.5 Å². The molecule has 0 aliphatic rings. The molecule has 0 bridgehead atoms. The third kappa shape index (κ3) is 3.09. The summed E-state index contributed by atoms with van der Waals surface area (Å²) in [6, 6.07) is 10.9. The predicted octanol–water partition coefficient (Wildman–Crippen LogP) is 4.22. The fourth-order valence-electron chi connectivity index (χ4n) is 2.21. The van der Waals surface area contributed by atoms with Crippen LogP contribution in [0.3, 0.4) is 0 Å². The number of benzene rings is 2. The summed E-state index contributed by atoms with van der Waals surface area (Å²) in [7, 11) is 0. The Labute approximate surface area is 119 Å². The van der Waals surface area contributed by atoms with Gasteiger partial charge in [0, 0.05) is 0 Å². The van der Waals surface area contributed by atoms with E-state index in [9.17, 15) is 10.2 Å². The van der Waals surface area contributed by atoms with Gasteiger partial charge in [-0.05, 0) is 59.4 Å². The van der Waals surface area contributed by atoms with Crippen LogP contribution in [0.2, 0.25) is 0 Å². The molecular formula is C18H18O2. The molecule has 0 spiro atoms. The van der Waals surface area contributed by atoms with Crippen molar-refractivity contribution in [3.63, 3.8) is 0 Å². The van der Waals surface area contributed by atoms with Crippen molar-refractivity contribution in [2.75, 3.05) is 0 Å². The topological polar surface area (TPSA) is 40.5 Å². The molecule has 0 aliphatic heterocycles. The first-order chi connectivity index (χ1) is 9.63. The maximum Gasteiger partial charge on any atom is 0.119 e. The van der Waals surface area contributed by atoms with Crippen molar-refractivity contribution >= 4 is 0 Å². The lowest BCUT2D eigenvalue weighted by Crippen LogP contribution is -1.87. The fourth-order valence-corrected chi connectivity index (χ4v) is 2.21. The lowest BCUT2D eigenvalue weighted by atomic mass is 9.98. The second-order valence-electron chi connectivity index (χ2n) is 4.72. The number of allylic oxidation sites excluding steroid dienone is 2. The van der Waals surface area contributed by atoms with Gasteiger partial charge in [-0.15, -0.1) is 13.2 Å².